The number of hydrogen-bond donors (Lipinski definition) is 1. The van der Waals surface area contributed by atoms with Crippen molar-refractivity contribution in [2.45, 2.75) is 19.3 Å². The minimum absolute atomic E-state index is 0.0270. The van der Waals surface area contributed by atoms with Gasteiger partial charge >= 0.3 is 0 Å². The number of benzene rings is 1. The van der Waals surface area contributed by atoms with Gasteiger partial charge in [-0.2, -0.15) is 0 Å². The maximum absolute atomic E-state index is 12.4. The SMILES string of the molecule is COCCN(CCO)C(=O)c1ccc2c(c1)CCC2. The summed E-state index contributed by atoms with van der Waals surface area (Å²) in [5.74, 6) is -0.0270. The van der Waals surface area contributed by atoms with E-state index >= 15 is 0 Å². The zero-order chi connectivity index (χ0) is 13.7. The van der Waals surface area contributed by atoms with Crippen LogP contribution in [0.3, 0.4) is 0 Å². The minimum atomic E-state index is -0.0274. The van der Waals surface area contributed by atoms with Gasteiger partial charge in [0.1, 0.15) is 0 Å². The molecule has 1 aromatic rings. The van der Waals surface area contributed by atoms with Gasteiger partial charge in [0.2, 0.25) is 0 Å². The molecule has 0 aromatic heterocycles. The lowest BCUT2D eigenvalue weighted by atomic mass is 10.1. The molecule has 0 unspecified atom stereocenters. The lowest BCUT2D eigenvalue weighted by Gasteiger charge is -2.21. The van der Waals surface area contributed by atoms with Crippen LogP contribution in [0.1, 0.15) is 27.9 Å². The molecule has 0 fully saturated rings. The summed E-state index contributed by atoms with van der Waals surface area (Å²) in [5.41, 5.74) is 3.37. The standard InChI is InChI=1S/C15H21NO3/c1-19-10-8-16(7-9-17)15(18)14-6-5-12-3-2-4-13(12)11-14/h5-6,11,17H,2-4,7-10H2,1H3. The number of methoxy groups -OCH3 is 1. The first-order valence-electron chi connectivity index (χ1n) is 6.77. The Balaban J connectivity index is 2.11. The Kier molecular flexibility index (Phi) is 4.93. The Morgan fingerprint density at radius 2 is 2.11 bits per heavy atom. The number of rotatable bonds is 6. The van der Waals surface area contributed by atoms with E-state index in [0.29, 0.717) is 25.3 Å². The Bertz CT molecular complexity index is 445. The van der Waals surface area contributed by atoms with Crippen LogP contribution >= 0.6 is 0 Å². The fourth-order valence-electron chi connectivity index (χ4n) is 2.52. The molecule has 0 saturated carbocycles. The highest BCUT2D eigenvalue weighted by atomic mass is 16.5. The van der Waals surface area contributed by atoms with E-state index in [4.69, 9.17) is 9.84 Å². The maximum Gasteiger partial charge on any atom is 0.254 e. The Morgan fingerprint density at radius 3 is 2.84 bits per heavy atom. The normalized spacial score (nSPS) is 13.4. The first-order valence-corrected chi connectivity index (χ1v) is 6.77. The number of carbonyl (C=O) groups is 1. The molecule has 4 nitrogen and oxygen atoms in total. The third-order valence-corrected chi connectivity index (χ3v) is 3.57. The molecule has 19 heavy (non-hydrogen) atoms. The third kappa shape index (κ3) is 3.33. The van der Waals surface area contributed by atoms with Crippen molar-refractivity contribution in [1.82, 2.24) is 4.90 Å². The minimum Gasteiger partial charge on any atom is -0.395 e. The lowest BCUT2D eigenvalue weighted by Crippen LogP contribution is -2.36. The van der Waals surface area contributed by atoms with E-state index in [1.165, 1.54) is 17.5 Å². The highest BCUT2D eigenvalue weighted by molar-refractivity contribution is 5.94. The van der Waals surface area contributed by atoms with Gasteiger partial charge in [-0.3, -0.25) is 4.79 Å². The number of ether oxygens (including phenoxy) is 1. The van der Waals surface area contributed by atoms with Gasteiger partial charge in [-0.1, -0.05) is 6.07 Å². The quantitative estimate of drug-likeness (QED) is 0.840. The fourth-order valence-corrected chi connectivity index (χ4v) is 2.52. The largest absolute Gasteiger partial charge is 0.395 e. The van der Waals surface area contributed by atoms with E-state index in [1.807, 2.05) is 12.1 Å². The number of aliphatic hydroxyl groups excluding tert-OH is 1. The van der Waals surface area contributed by atoms with Crippen LogP contribution in [0.2, 0.25) is 0 Å². The second-order valence-corrected chi connectivity index (χ2v) is 4.85. The van der Waals surface area contributed by atoms with Crippen molar-refractivity contribution in [3.05, 3.63) is 34.9 Å². The van der Waals surface area contributed by atoms with E-state index < -0.39 is 0 Å². The molecule has 0 bridgehead atoms. The number of nitrogens with zero attached hydrogens (tertiary/aromatic N) is 1. The first-order chi connectivity index (χ1) is 9.26. The molecule has 4 heteroatoms. The summed E-state index contributed by atoms with van der Waals surface area (Å²) in [4.78, 5) is 14.0. The predicted molar refractivity (Wildman–Crippen MR) is 73.3 cm³/mol. The van der Waals surface area contributed by atoms with Gasteiger partial charge in [-0.15, -0.1) is 0 Å². The Morgan fingerprint density at radius 1 is 1.32 bits per heavy atom. The molecule has 1 aromatic carbocycles. The van der Waals surface area contributed by atoms with E-state index in [-0.39, 0.29) is 12.5 Å². The molecule has 0 heterocycles. The molecule has 0 atom stereocenters. The second kappa shape index (κ2) is 6.68. The first kappa shape index (κ1) is 14.0. The second-order valence-electron chi connectivity index (χ2n) is 4.85. The van der Waals surface area contributed by atoms with Crippen LogP contribution in [0.4, 0.5) is 0 Å². The fraction of sp³-hybridized carbons (Fsp3) is 0.533. The van der Waals surface area contributed by atoms with Crippen molar-refractivity contribution in [2.75, 3.05) is 33.4 Å². The lowest BCUT2D eigenvalue weighted by molar-refractivity contribution is 0.0656. The zero-order valence-corrected chi connectivity index (χ0v) is 11.4. The van der Waals surface area contributed by atoms with Crippen LogP contribution in [0.15, 0.2) is 18.2 Å². The summed E-state index contributed by atoms with van der Waals surface area (Å²) in [5, 5.41) is 9.05. The molecular weight excluding hydrogens is 242 g/mol. The summed E-state index contributed by atoms with van der Waals surface area (Å²) in [7, 11) is 1.61. The molecule has 1 aliphatic carbocycles. The van der Waals surface area contributed by atoms with E-state index in [0.717, 1.165) is 12.8 Å². The van der Waals surface area contributed by atoms with Crippen LogP contribution in [-0.2, 0) is 17.6 Å². The molecule has 2 rings (SSSR count). The predicted octanol–water partition coefficient (Wildman–Crippen LogP) is 1.26. The number of hydrogen-bond acceptors (Lipinski definition) is 3. The van der Waals surface area contributed by atoms with Gasteiger partial charge < -0.3 is 14.7 Å². The van der Waals surface area contributed by atoms with Crippen LogP contribution in [0.5, 0.6) is 0 Å². The molecule has 1 amide bonds. The summed E-state index contributed by atoms with van der Waals surface area (Å²) in [6, 6.07) is 5.95. The van der Waals surface area contributed by atoms with E-state index in [2.05, 4.69) is 6.07 Å². The third-order valence-electron chi connectivity index (χ3n) is 3.57. The molecule has 0 spiro atoms. The van der Waals surface area contributed by atoms with Crippen molar-refractivity contribution < 1.29 is 14.6 Å². The summed E-state index contributed by atoms with van der Waals surface area (Å²) in [6.45, 7) is 1.31. The maximum atomic E-state index is 12.4. The van der Waals surface area contributed by atoms with E-state index in [9.17, 15) is 4.79 Å². The Hall–Kier alpha value is -1.39. The van der Waals surface area contributed by atoms with Crippen molar-refractivity contribution in [3.63, 3.8) is 0 Å². The molecule has 0 radical (unpaired) electrons. The van der Waals surface area contributed by atoms with Gasteiger partial charge in [-0.05, 0) is 42.5 Å². The van der Waals surface area contributed by atoms with Crippen LogP contribution in [0.25, 0.3) is 0 Å². The molecule has 104 valence electrons. The molecule has 1 N–H and O–H groups in total. The molecular formula is C15H21NO3. The topological polar surface area (TPSA) is 49.8 Å². The van der Waals surface area contributed by atoms with Gasteiger partial charge in [0.05, 0.1) is 13.2 Å². The van der Waals surface area contributed by atoms with Crippen LogP contribution < -0.4 is 0 Å². The average Bonchev–Trinajstić information content (AvgIpc) is 2.90. The Labute approximate surface area is 114 Å². The smallest absolute Gasteiger partial charge is 0.254 e. The zero-order valence-electron chi connectivity index (χ0n) is 11.4. The van der Waals surface area contributed by atoms with Gasteiger partial charge in [0.15, 0.2) is 0 Å². The summed E-state index contributed by atoms with van der Waals surface area (Å²) >= 11 is 0. The molecule has 0 aliphatic heterocycles. The number of carbonyl (C=O) groups excluding carboxylic acids is 1. The van der Waals surface area contributed by atoms with E-state index in [1.54, 1.807) is 12.0 Å². The van der Waals surface area contributed by atoms with Gasteiger partial charge in [0.25, 0.3) is 5.91 Å². The number of aliphatic hydroxyl groups is 1. The van der Waals surface area contributed by atoms with Gasteiger partial charge in [-0.25, -0.2) is 0 Å². The van der Waals surface area contributed by atoms with Crippen molar-refractivity contribution >= 4 is 5.91 Å². The average molecular weight is 263 g/mol. The monoisotopic (exact) mass is 263 g/mol. The number of aryl methyl sites for hydroxylation is 2. The highest BCUT2D eigenvalue weighted by Crippen LogP contribution is 2.23. The van der Waals surface area contributed by atoms with Crippen molar-refractivity contribution in [3.8, 4) is 0 Å². The van der Waals surface area contributed by atoms with Crippen LogP contribution in [0, 0.1) is 0 Å². The molecule has 1 aliphatic rings. The van der Waals surface area contributed by atoms with Crippen molar-refractivity contribution in [1.29, 1.82) is 0 Å². The number of fused-ring (bicyclic) bond motifs is 1. The molecule has 0 saturated heterocycles. The summed E-state index contributed by atoms with van der Waals surface area (Å²) in [6.07, 6.45) is 3.36. The summed E-state index contributed by atoms with van der Waals surface area (Å²) < 4.78 is 5.00. The number of amides is 1. The van der Waals surface area contributed by atoms with Crippen LogP contribution in [-0.4, -0.2) is 49.3 Å². The van der Waals surface area contributed by atoms with Crippen molar-refractivity contribution in [2.24, 2.45) is 0 Å². The van der Waals surface area contributed by atoms with Gasteiger partial charge in [0, 0.05) is 25.8 Å². The highest BCUT2D eigenvalue weighted by Gasteiger charge is 2.18.